The van der Waals surface area contributed by atoms with Gasteiger partial charge in [-0.15, -0.1) is 0 Å². The standard InChI is InChI=1S/C12H24N2O2/c1-6-11(4)8-10(15)13-9(3)12(5,7-2)14(11)16/h9,16H,6-8H2,1-5H3,(H,13,15). The molecule has 4 nitrogen and oxygen atoms in total. The molecule has 1 heterocycles. The van der Waals surface area contributed by atoms with Gasteiger partial charge in [-0.25, -0.2) is 0 Å². The van der Waals surface area contributed by atoms with Crippen LogP contribution in [0.4, 0.5) is 0 Å². The summed E-state index contributed by atoms with van der Waals surface area (Å²) >= 11 is 0. The van der Waals surface area contributed by atoms with Crippen molar-refractivity contribution in [2.45, 2.75) is 71.0 Å². The average Bonchev–Trinajstić information content (AvgIpc) is 2.30. The van der Waals surface area contributed by atoms with Gasteiger partial charge in [-0.3, -0.25) is 4.79 Å². The van der Waals surface area contributed by atoms with E-state index in [-0.39, 0.29) is 11.9 Å². The van der Waals surface area contributed by atoms with Crippen LogP contribution in [0.25, 0.3) is 0 Å². The second-order valence-corrected chi connectivity index (χ2v) is 5.34. The quantitative estimate of drug-likeness (QED) is 0.759. The minimum Gasteiger partial charge on any atom is -0.352 e. The summed E-state index contributed by atoms with van der Waals surface area (Å²) in [5.41, 5.74) is -0.878. The van der Waals surface area contributed by atoms with Gasteiger partial charge in [-0.05, 0) is 33.6 Å². The zero-order valence-electron chi connectivity index (χ0n) is 11.0. The van der Waals surface area contributed by atoms with Crippen molar-refractivity contribution >= 4 is 5.91 Å². The van der Waals surface area contributed by atoms with Crippen molar-refractivity contribution in [1.29, 1.82) is 0 Å². The first-order valence-electron chi connectivity index (χ1n) is 6.08. The van der Waals surface area contributed by atoms with Gasteiger partial charge in [0.1, 0.15) is 0 Å². The van der Waals surface area contributed by atoms with Crippen molar-refractivity contribution in [3.63, 3.8) is 0 Å². The first-order valence-corrected chi connectivity index (χ1v) is 6.08. The third-order valence-corrected chi connectivity index (χ3v) is 4.32. The van der Waals surface area contributed by atoms with Gasteiger partial charge in [-0.2, -0.15) is 5.06 Å². The van der Waals surface area contributed by atoms with Gasteiger partial charge in [0.25, 0.3) is 0 Å². The molecule has 94 valence electrons. The van der Waals surface area contributed by atoms with Gasteiger partial charge in [-0.1, -0.05) is 13.8 Å². The van der Waals surface area contributed by atoms with Crippen LogP contribution in [0.1, 0.15) is 53.9 Å². The highest BCUT2D eigenvalue weighted by Gasteiger charge is 2.48. The SMILES string of the molecule is CCC1(C)CC(=O)NC(C)C(C)(CC)N1O. The molecule has 0 aromatic heterocycles. The van der Waals surface area contributed by atoms with Crippen LogP contribution in [0.5, 0.6) is 0 Å². The summed E-state index contributed by atoms with van der Waals surface area (Å²) < 4.78 is 0. The number of carbonyl (C=O) groups is 1. The number of hydrogen-bond acceptors (Lipinski definition) is 3. The van der Waals surface area contributed by atoms with E-state index in [0.29, 0.717) is 6.42 Å². The predicted molar refractivity (Wildman–Crippen MR) is 63.2 cm³/mol. The average molecular weight is 228 g/mol. The molecule has 1 fully saturated rings. The fourth-order valence-corrected chi connectivity index (χ4v) is 2.40. The lowest BCUT2D eigenvalue weighted by molar-refractivity contribution is -0.236. The maximum atomic E-state index is 11.8. The fraction of sp³-hybridized carbons (Fsp3) is 0.917. The van der Waals surface area contributed by atoms with Gasteiger partial charge in [0, 0.05) is 12.5 Å². The monoisotopic (exact) mass is 228 g/mol. The largest absolute Gasteiger partial charge is 0.352 e. The van der Waals surface area contributed by atoms with E-state index in [4.69, 9.17) is 0 Å². The molecule has 0 spiro atoms. The number of rotatable bonds is 2. The molecule has 3 atom stereocenters. The molecule has 0 aromatic carbocycles. The lowest BCUT2D eigenvalue weighted by Gasteiger charge is -2.46. The van der Waals surface area contributed by atoms with Crippen LogP contribution in [-0.4, -0.2) is 33.3 Å². The van der Waals surface area contributed by atoms with Crippen molar-refractivity contribution in [2.75, 3.05) is 0 Å². The van der Waals surface area contributed by atoms with Crippen LogP contribution in [0.2, 0.25) is 0 Å². The molecule has 1 saturated heterocycles. The lowest BCUT2D eigenvalue weighted by atomic mass is 9.85. The van der Waals surface area contributed by atoms with Crippen molar-refractivity contribution in [2.24, 2.45) is 0 Å². The maximum Gasteiger partial charge on any atom is 0.222 e. The minimum atomic E-state index is -0.473. The van der Waals surface area contributed by atoms with Crippen molar-refractivity contribution in [3.05, 3.63) is 0 Å². The molecule has 0 aliphatic carbocycles. The minimum absolute atomic E-state index is 0.0214. The summed E-state index contributed by atoms with van der Waals surface area (Å²) in [6.45, 7) is 9.93. The van der Waals surface area contributed by atoms with Gasteiger partial charge in [0.2, 0.25) is 5.91 Å². The van der Waals surface area contributed by atoms with E-state index in [9.17, 15) is 10.0 Å². The highest BCUT2D eigenvalue weighted by Crippen LogP contribution is 2.35. The first-order chi connectivity index (χ1) is 7.30. The van der Waals surface area contributed by atoms with Gasteiger partial charge in [0.15, 0.2) is 0 Å². The molecule has 0 saturated carbocycles. The Balaban J connectivity index is 3.15. The third-order valence-electron chi connectivity index (χ3n) is 4.32. The summed E-state index contributed by atoms with van der Waals surface area (Å²) in [4.78, 5) is 11.8. The van der Waals surface area contributed by atoms with Crippen LogP contribution in [0.15, 0.2) is 0 Å². The molecule has 2 N–H and O–H groups in total. The molecule has 4 heteroatoms. The van der Waals surface area contributed by atoms with E-state index in [1.54, 1.807) is 0 Å². The van der Waals surface area contributed by atoms with Crippen LogP contribution in [0.3, 0.4) is 0 Å². The molecule has 0 bridgehead atoms. The summed E-state index contributed by atoms with van der Waals surface area (Å²) in [5, 5.41) is 14.8. The van der Waals surface area contributed by atoms with Gasteiger partial charge >= 0.3 is 0 Å². The Morgan fingerprint density at radius 3 is 2.44 bits per heavy atom. The second kappa shape index (κ2) is 4.34. The number of hydroxylamine groups is 2. The Labute approximate surface area is 98.0 Å². The molecule has 1 aliphatic heterocycles. The Morgan fingerprint density at radius 1 is 1.44 bits per heavy atom. The Morgan fingerprint density at radius 2 is 2.00 bits per heavy atom. The molecule has 3 unspecified atom stereocenters. The Bertz CT molecular complexity index is 282. The van der Waals surface area contributed by atoms with E-state index in [2.05, 4.69) is 5.32 Å². The zero-order valence-corrected chi connectivity index (χ0v) is 11.0. The van der Waals surface area contributed by atoms with Crippen LogP contribution >= 0.6 is 0 Å². The normalized spacial score (nSPS) is 41.6. The summed E-state index contributed by atoms with van der Waals surface area (Å²) in [5.74, 6) is 0.0214. The molecule has 0 radical (unpaired) electrons. The van der Waals surface area contributed by atoms with E-state index in [0.717, 1.165) is 12.8 Å². The third kappa shape index (κ3) is 1.96. The summed E-state index contributed by atoms with van der Waals surface area (Å²) in [6.07, 6.45) is 1.89. The number of nitrogens with zero attached hydrogens (tertiary/aromatic N) is 1. The fourth-order valence-electron chi connectivity index (χ4n) is 2.40. The van der Waals surface area contributed by atoms with Crippen molar-refractivity contribution in [3.8, 4) is 0 Å². The van der Waals surface area contributed by atoms with Gasteiger partial charge in [0.05, 0.1) is 11.1 Å². The molecule has 1 rings (SSSR count). The molecular formula is C12H24N2O2. The summed E-state index contributed by atoms with van der Waals surface area (Å²) in [7, 11) is 0. The van der Waals surface area contributed by atoms with Crippen LogP contribution in [-0.2, 0) is 4.79 Å². The van der Waals surface area contributed by atoms with E-state index in [1.807, 2.05) is 34.6 Å². The molecule has 16 heavy (non-hydrogen) atoms. The lowest BCUT2D eigenvalue weighted by Crippen LogP contribution is -2.60. The van der Waals surface area contributed by atoms with Gasteiger partial charge < -0.3 is 10.5 Å². The number of hydrogen-bond donors (Lipinski definition) is 2. The maximum absolute atomic E-state index is 11.8. The van der Waals surface area contributed by atoms with Crippen LogP contribution < -0.4 is 5.32 Å². The smallest absolute Gasteiger partial charge is 0.222 e. The van der Waals surface area contributed by atoms with E-state index < -0.39 is 11.1 Å². The first kappa shape index (κ1) is 13.5. The second-order valence-electron chi connectivity index (χ2n) is 5.34. The van der Waals surface area contributed by atoms with Crippen molar-refractivity contribution < 1.29 is 10.0 Å². The highest BCUT2D eigenvalue weighted by atomic mass is 16.5. The Hall–Kier alpha value is -0.610. The highest BCUT2D eigenvalue weighted by molar-refractivity contribution is 5.78. The Kier molecular flexibility index (Phi) is 3.65. The van der Waals surface area contributed by atoms with E-state index >= 15 is 0 Å². The predicted octanol–water partition coefficient (Wildman–Crippen LogP) is 1.92. The zero-order chi connectivity index (χ0) is 12.6. The number of carbonyl (C=O) groups excluding carboxylic acids is 1. The number of amides is 1. The molecule has 1 aliphatic rings. The van der Waals surface area contributed by atoms with Crippen LogP contribution in [0, 0.1) is 0 Å². The summed E-state index contributed by atoms with van der Waals surface area (Å²) in [6, 6.07) is -0.0524. The molecule has 0 aromatic rings. The topological polar surface area (TPSA) is 52.6 Å². The molecular weight excluding hydrogens is 204 g/mol. The van der Waals surface area contributed by atoms with E-state index in [1.165, 1.54) is 5.06 Å². The molecule has 1 amide bonds. The number of nitrogens with one attached hydrogen (secondary N) is 1. The van der Waals surface area contributed by atoms with Crippen molar-refractivity contribution in [1.82, 2.24) is 10.4 Å².